The molecule has 0 radical (unpaired) electrons. The first-order valence-electron chi connectivity index (χ1n) is 6.39. The highest BCUT2D eigenvalue weighted by Gasteiger charge is 2.06. The van der Waals surface area contributed by atoms with E-state index in [2.05, 4.69) is 20.5 Å². The van der Waals surface area contributed by atoms with Crippen LogP contribution in [0.25, 0.3) is 5.65 Å². The zero-order valence-electron chi connectivity index (χ0n) is 11.0. The molecular formula is C14H14FN5. The lowest BCUT2D eigenvalue weighted by Gasteiger charge is -2.06. The second-order valence-corrected chi connectivity index (χ2v) is 4.52. The Labute approximate surface area is 115 Å². The number of aryl methyl sites for hydroxylation is 1. The highest BCUT2D eigenvalue weighted by Crippen LogP contribution is 2.12. The third-order valence-electron chi connectivity index (χ3n) is 3.09. The van der Waals surface area contributed by atoms with E-state index in [9.17, 15) is 4.39 Å². The standard InChI is InChI=1S/C14H14FN5/c1-10-18-19-14-13(17-7-8-20(10)14)16-6-5-11-3-2-4-12(15)9-11/h2-4,7-9H,5-6H2,1H3,(H,16,17). The molecule has 0 aliphatic heterocycles. The van der Waals surface area contributed by atoms with Gasteiger partial charge in [-0.05, 0) is 31.0 Å². The molecule has 5 nitrogen and oxygen atoms in total. The van der Waals surface area contributed by atoms with Crippen molar-refractivity contribution in [3.63, 3.8) is 0 Å². The Hall–Kier alpha value is -2.50. The molecule has 0 fully saturated rings. The lowest BCUT2D eigenvalue weighted by molar-refractivity contribution is 0.625. The monoisotopic (exact) mass is 271 g/mol. The van der Waals surface area contributed by atoms with Crippen LogP contribution in [0, 0.1) is 12.7 Å². The molecule has 6 heteroatoms. The van der Waals surface area contributed by atoms with Gasteiger partial charge >= 0.3 is 0 Å². The van der Waals surface area contributed by atoms with Crippen molar-refractivity contribution in [2.75, 3.05) is 11.9 Å². The van der Waals surface area contributed by atoms with Gasteiger partial charge in [0.1, 0.15) is 11.6 Å². The molecule has 0 atom stereocenters. The summed E-state index contributed by atoms with van der Waals surface area (Å²) in [6, 6.07) is 6.60. The first-order chi connectivity index (χ1) is 9.74. The summed E-state index contributed by atoms with van der Waals surface area (Å²) in [5, 5.41) is 11.3. The Balaban J connectivity index is 1.71. The van der Waals surface area contributed by atoms with Crippen molar-refractivity contribution in [1.82, 2.24) is 19.6 Å². The second-order valence-electron chi connectivity index (χ2n) is 4.52. The van der Waals surface area contributed by atoms with Crippen molar-refractivity contribution in [3.8, 4) is 0 Å². The number of hydrogen-bond donors (Lipinski definition) is 1. The molecule has 0 spiro atoms. The molecule has 2 aromatic heterocycles. The Bertz CT molecular complexity index is 737. The number of halogens is 1. The quantitative estimate of drug-likeness (QED) is 0.790. The molecule has 0 aliphatic rings. The highest BCUT2D eigenvalue weighted by molar-refractivity contribution is 5.61. The number of hydrogen-bond acceptors (Lipinski definition) is 4. The van der Waals surface area contributed by atoms with Crippen LogP contribution in [-0.4, -0.2) is 26.1 Å². The average molecular weight is 271 g/mol. The lowest BCUT2D eigenvalue weighted by Crippen LogP contribution is -2.08. The maximum atomic E-state index is 13.1. The fraction of sp³-hybridized carbons (Fsp3) is 0.214. The van der Waals surface area contributed by atoms with Gasteiger partial charge in [0.15, 0.2) is 5.82 Å². The smallest absolute Gasteiger partial charge is 0.203 e. The SMILES string of the molecule is Cc1nnc2c(NCCc3cccc(F)c3)nccn12. The molecule has 0 saturated heterocycles. The third-order valence-corrected chi connectivity index (χ3v) is 3.09. The molecule has 1 aromatic carbocycles. The Morgan fingerprint density at radius 1 is 1.30 bits per heavy atom. The van der Waals surface area contributed by atoms with Crippen LogP contribution in [0.5, 0.6) is 0 Å². The fourth-order valence-corrected chi connectivity index (χ4v) is 2.08. The molecule has 0 bridgehead atoms. The van der Waals surface area contributed by atoms with E-state index in [0.717, 1.165) is 11.4 Å². The summed E-state index contributed by atoms with van der Waals surface area (Å²) in [4.78, 5) is 4.26. The average Bonchev–Trinajstić information content (AvgIpc) is 2.82. The van der Waals surface area contributed by atoms with Crippen molar-refractivity contribution in [1.29, 1.82) is 0 Å². The van der Waals surface area contributed by atoms with Crippen molar-refractivity contribution in [3.05, 3.63) is 53.9 Å². The maximum Gasteiger partial charge on any atom is 0.203 e. The Morgan fingerprint density at radius 3 is 3.05 bits per heavy atom. The first kappa shape index (κ1) is 12.5. The van der Waals surface area contributed by atoms with Gasteiger partial charge in [0.25, 0.3) is 0 Å². The predicted octanol–water partition coefficient (Wildman–Crippen LogP) is 2.23. The van der Waals surface area contributed by atoms with E-state index in [1.807, 2.05) is 23.6 Å². The van der Waals surface area contributed by atoms with Crippen LogP contribution in [0.2, 0.25) is 0 Å². The van der Waals surface area contributed by atoms with Gasteiger partial charge in [0.2, 0.25) is 5.65 Å². The van der Waals surface area contributed by atoms with E-state index >= 15 is 0 Å². The summed E-state index contributed by atoms with van der Waals surface area (Å²) in [7, 11) is 0. The molecule has 20 heavy (non-hydrogen) atoms. The first-order valence-corrected chi connectivity index (χ1v) is 6.39. The van der Waals surface area contributed by atoms with E-state index in [-0.39, 0.29) is 5.82 Å². The van der Waals surface area contributed by atoms with E-state index in [4.69, 9.17) is 0 Å². The molecule has 102 valence electrons. The normalized spacial score (nSPS) is 10.9. The molecule has 0 saturated carbocycles. The van der Waals surface area contributed by atoms with Gasteiger partial charge in [-0.25, -0.2) is 9.37 Å². The van der Waals surface area contributed by atoms with Crippen molar-refractivity contribution >= 4 is 11.5 Å². The summed E-state index contributed by atoms with van der Waals surface area (Å²) < 4.78 is 14.9. The van der Waals surface area contributed by atoms with Crippen molar-refractivity contribution < 1.29 is 4.39 Å². The van der Waals surface area contributed by atoms with E-state index < -0.39 is 0 Å². The lowest BCUT2D eigenvalue weighted by atomic mass is 10.1. The van der Waals surface area contributed by atoms with E-state index in [1.165, 1.54) is 12.1 Å². The number of nitrogens with one attached hydrogen (secondary N) is 1. The van der Waals surface area contributed by atoms with E-state index in [1.54, 1.807) is 12.3 Å². The second kappa shape index (κ2) is 5.24. The molecule has 0 aliphatic carbocycles. The number of rotatable bonds is 4. The van der Waals surface area contributed by atoms with Crippen LogP contribution in [0.1, 0.15) is 11.4 Å². The topological polar surface area (TPSA) is 55.1 Å². The van der Waals surface area contributed by atoms with Crippen LogP contribution in [0.3, 0.4) is 0 Å². The number of nitrogens with zero attached hydrogens (tertiary/aromatic N) is 4. The molecule has 3 rings (SSSR count). The van der Waals surface area contributed by atoms with Gasteiger partial charge in [0, 0.05) is 18.9 Å². The number of anilines is 1. The zero-order chi connectivity index (χ0) is 13.9. The highest BCUT2D eigenvalue weighted by atomic mass is 19.1. The van der Waals surface area contributed by atoms with Gasteiger partial charge in [-0.15, -0.1) is 10.2 Å². The largest absolute Gasteiger partial charge is 0.367 e. The fourth-order valence-electron chi connectivity index (χ4n) is 2.08. The Kier molecular flexibility index (Phi) is 3.28. The number of fused-ring (bicyclic) bond motifs is 1. The summed E-state index contributed by atoms with van der Waals surface area (Å²) in [6.45, 7) is 2.54. The van der Waals surface area contributed by atoms with Gasteiger partial charge in [-0.3, -0.25) is 4.40 Å². The van der Waals surface area contributed by atoms with Crippen LogP contribution in [0.4, 0.5) is 10.2 Å². The molecule has 3 aromatic rings. The molecule has 0 amide bonds. The van der Waals surface area contributed by atoms with Gasteiger partial charge in [-0.1, -0.05) is 12.1 Å². The van der Waals surface area contributed by atoms with E-state index in [0.29, 0.717) is 24.4 Å². The predicted molar refractivity (Wildman–Crippen MR) is 74.1 cm³/mol. The summed E-state index contributed by atoms with van der Waals surface area (Å²) in [5.74, 6) is 1.29. The summed E-state index contributed by atoms with van der Waals surface area (Å²) in [6.07, 6.45) is 4.24. The Morgan fingerprint density at radius 2 is 2.20 bits per heavy atom. The van der Waals surface area contributed by atoms with Gasteiger partial charge in [-0.2, -0.15) is 0 Å². The summed E-state index contributed by atoms with van der Waals surface area (Å²) in [5.41, 5.74) is 1.64. The van der Waals surface area contributed by atoms with Gasteiger partial charge < -0.3 is 5.32 Å². The minimum absolute atomic E-state index is 0.212. The van der Waals surface area contributed by atoms with Crippen molar-refractivity contribution in [2.24, 2.45) is 0 Å². The zero-order valence-corrected chi connectivity index (χ0v) is 11.0. The number of aromatic nitrogens is 4. The molecular weight excluding hydrogens is 257 g/mol. The summed E-state index contributed by atoms with van der Waals surface area (Å²) >= 11 is 0. The number of benzene rings is 1. The minimum Gasteiger partial charge on any atom is -0.367 e. The molecule has 0 unspecified atom stereocenters. The van der Waals surface area contributed by atoms with Crippen LogP contribution >= 0.6 is 0 Å². The molecule has 1 N–H and O–H groups in total. The van der Waals surface area contributed by atoms with Crippen LogP contribution in [-0.2, 0) is 6.42 Å². The third kappa shape index (κ3) is 2.45. The van der Waals surface area contributed by atoms with Crippen LogP contribution in [0.15, 0.2) is 36.7 Å². The maximum absolute atomic E-state index is 13.1. The van der Waals surface area contributed by atoms with Crippen LogP contribution < -0.4 is 5.32 Å². The van der Waals surface area contributed by atoms with Crippen molar-refractivity contribution in [2.45, 2.75) is 13.3 Å². The van der Waals surface area contributed by atoms with Gasteiger partial charge in [0.05, 0.1) is 0 Å². The molecule has 2 heterocycles. The minimum atomic E-state index is -0.212.